The number of imide groups is 1. The number of carbonyl (C=O) groups excluding carboxylic acids is 2. The Morgan fingerprint density at radius 2 is 1.94 bits per heavy atom. The molecule has 1 saturated heterocycles. The van der Waals surface area contributed by atoms with Crippen LogP contribution in [-0.4, -0.2) is 22.5 Å². The van der Waals surface area contributed by atoms with Gasteiger partial charge in [-0.2, -0.15) is 5.01 Å². The molecule has 2 aliphatic rings. The van der Waals surface area contributed by atoms with Crippen LogP contribution in [0, 0.1) is 0 Å². The zero-order valence-electron chi connectivity index (χ0n) is 9.27. The van der Waals surface area contributed by atoms with Gasteiger partial charge in [-0.25, -0.2) is 10.6 Å². The first-order valence-electron chi connectivity index (χ1n) is 5.61. The predicted octanol–water partition coefficient (Wildman–Crippen LogP) is 0.340. The van der Waals surface area contributed by atoms with Crippen molar-refractivity contribution in [2.45, 2.75) is 24.8 Å². The van der Waals surface area contributed by atoms with Crippen LogP contribution < -0.4 is 11.2 Å². The Balaban J connectivity index is 1.99. The second-order valence-electron chi connectivity index (χ2n) is 4.63. The molecule has 1 aliphatic heterocycles. The summed E-state index contributed by atoms with van der Waals surface area (Å²) in [6.07, 6.45) is 1.93. The van der Waals surface area contributed by atoms with Crippen molar-refractivity contribution in [3.05, 3.63) is 35.4 Å². The summed E-state index contributed by atoms with van der Waals surface area (Å²) in [4.78, 5) is 23.5. The van der Waals surface area contributed by atoms with E-state index in [1.165, 1.54) is 5.56 Å². The summed E-state index contributed by atoms with van der Waals surface area (Å²) in [5, 5.41) is 3.41. The molecule has 5 nitrogen and oxygen atoms in total. The monoisotopic (exact) mass is 231 g/mol. The van der Waals surface area contributed by atoms with Crippen molar-refractivity contribution in [3.63, 3.8) is 0 Å². The summed E-state index contributed by atoms with van der Waals surface area (Å²) in [5.74, 6) is 5.10. The van der Waals surface area contributed by atoms with Crippen LogP contribution >= 0.6 is 0 Å². The van der Waals surface area contributed by atoms with E-state index in [1.807, 2.05) is 18.2 Å². The van der Waals surface area contributed by atoms with Crippen LogP contribution in [0.15, 0.2) is 24.3 Å². The minimum Gasteiger partial charge on any atom is -0.322 e. The maximum Gasteiger partial charge on any atom is 0.339 e. The number of hydrogen-bond acceptors (Lipinski definition) is 3. The summed E-state index contributed by atoms with van der Waals surface area (Å²) in [6.45, 7) is 0. The van der Waals surface area contributed by atoms with E-state index in [9.17, 15) is 9.59 Å². The molecule has 0 saturated carbocycles. The van der Waals surface area contributed by atoms with Gasteiger partial charge in [0, 0.05) is 6.42 Å². The van der Waals surface area contributed by atoms with E-state index in [0.29, 0.717) is 17.9 Å². The molecule has 1 aliphatic carbocycles. The number of nitrogens with zero attached hydrogens (tertiary/aromatic N) is 1. The van der Waals surface area contributed by atoms with Gasteiger partial charge in [0.1, 0.15) is 5.54 Å². The van der Waals surface area contributed by atoms with Crippen LogP contribution in [-0.2, 0) is 17.6 Å². The number of aryl methyl sites for hydroxylation is 1. The molecule has 1 unspecified atom stereocenters. The number of hydrogen-bond donors (Lipinski definition) is 2. The van der Waals surface area contributed by atoms with Crippen molar-refractivity contribution in [3.8, 4) is 0 Å². The smallest absolute Gasteiger partial charge is 0.322 e. The largest absolute Gasteiger partial charge is 0.339 e. The van der Waals surface area contributed by atoms with Crippen LogP contribution in [0.2, 0.25) is 0 Å². The number of nitrogens with two attached hydrogens (primary N) is 1. The number of rotatable bonds is 0. The van der Waals surface area contributed by atoms with Crippen LogP contribution in [0.5, 0.6) is 0 Å². The minimum absolute atomic E-state index is 0.322. The Bertz CT molecular complexity index is 514. The fourth-order valence-corrected chi connectivity index (χ4v) is 2.67. The third kappa shape index (κ3) is 1.36. The van der Waals surface area contributed by atoms with E-state index in [0.717, 1.165) is 12.0 Å². The molecule has 1 aromatic rings. The third-order valence-corrected chi connectivity index (χ3v) is 3.62. The third-order valence-electron chi connectivity index (χ3n) is 3.62. The molecule has 3 N–H and O–H groups in total. The van der Waals surface area contributed by atoms with Crippen LogP contribution in [0.4, 0.5) is 4.79 Å². The first-order valence-corrected chi connectivity index (χ1v) is 5.61. The van der Waals surface area contributed by atoms with Gasteiger partial charge >= 0.3 is 6.03 Å². The van der Waals surface area contributed by atoms with E-state index in [2.05, 4.69) is 11.4 Å². The van der Waals surface area contributed by atoms with Crippen molar-refractivity contribution in [2.75, 3.05) is 0 Å². The summed E-state index contributed by atoms with van der Waals surface area (Å²) in [7, 11) is 0. The number of hydrazine groups is 1. The number of fused-ring (bicyclic) bond motifs is 1. The van der Waals surface area contributed by atoms with E-state index >= 15 is 0 Å². The Hall–Kier alpha value is -1.88. The quantitative estimate of drug-likeness (QED) is 0.384. The fraction of sp³-hybridized carbons (Fsp3) is 0.333. The molecule has 3 rings (SSSR count). The van der Waals surface area contributed by atoms with Crippen molar-refractivity contribution < 1.29 is 9.59 Å². The summed E-state index contributed by atoms with van der Waals surface area (Å²) >= 11 is 0. The van der Waals surface area contributed by atoms with Gasteiger partial charge in [0.25, 0.3) is 5.91 Å². The summed E-state index contributed by atoms with van der Waals surface area (Å²) in [5.41, 5.74) is 1.54. The number of carbonyl (C=O) groups is 2. The number of benzene rings is 1. The lowest BCUT2D eigenvalue weighted by atomic mass is 9.78. The SMILES string of the molecule is NN1C(=O)NC2(CCc3ccccc3C2)C1=O. The van der Waals surface area contributed by atoms with Crippen LogP contribution in [0.1, 0.15) is 17.5 Å². The highest BCUT2D eigenvalue weighted by Gasteiger charge is 2.51. The molecule has 17 heavy (non-hydrogen) atoms. The average molecular weight is 231 g/mol. The van der Waals surface area contributed by atoms with Gasteiger partial charge in [0.05, 0.1) is 0 Å². The predicted molar refractivity (Wildman–Crippen MR) is 60.8 cm³/mol. The average Bonchev–Trinajstić information content (AvgIpc) is 2.54. The Morgan fingerprint density at radius 3 is 2.59 bits per heavy atom. The van der Waals surface area contributed by atoms with Gasteiger partial charge in [0.15, 0.2) is 0 Å². The standard InChI is InChI=1S/C12H13N3O2/c13-15-10(16)12(14-11(15)17)6-5-8-3-1-2-4-9(8)7-12/h1-4H,5-7,13H2,(H,14,17). The Labute approximate surface area is 98.6 Å². The van der Waals surface area contributed by atoms with Crippen molar-refractivity contribution in [1.82, 2.24) is 10.3 Å². The summed E-state index contributed by atoms with van der Waals surface area (Å²) in [6, 6.07) is 7.48. The maximum atomic E-state index is 12.0. The molecule has 0 bridgehead atoms. The highest BCUT2D eigenvalue weighted by molar-refractivity contribution is 6.06. The zero-order valence-corrected chi connectivity index (χ0v) is 9.27. The number of amides is 3. The highest BCUT2D eigenvalue weighted by Crippen LogP contribution is 2.32. The topological polar surface area (TPSA) is 75.4 Å². The van der Waals surface area contributed by atoms with Gasteiger partial charge in [0.2, 0.25) is 0 Å². The highest BCUT2D eigenvalue weighted by atomic mass is 16.2. The van der Waals surface area contributed by atoms with Gasteiger partial charge in [-0.15, -0.1) is 0 Å². The molecular formula is C12H13N3O2. The van der Waals surface area contributed by atoms with Crippen molar-refractivity contribution >= 4 is 11.9 Å². The lowest BCUT2D eigenvalue weighted by Crippen LogP contribution is -2.51. The van der Waals surface area contributed by atoms with Crippen molar-refractivity contribution in [2.24, 2.45) is 5.84 Å². The normalized spacial score (nSPS) is 27.2. The van der Waals surface area contributed by atoms with Gasteiger partial charge in [-0.1, -0.05) is 24.3 Å². The molecule has 3 amide bonds. The van der Waals surface area contributed by atoms with Gasteiger partial charge < -0.3 is 5.32 Å². The van der Waals surface area contributed by atoms with E-state index in [1.54, 1.807) is 0 Å². The Kier molecular flexibility index (Phi) is 2.00. The molecule has 1 spiro atoms. The molecule has 0 aromatic heterocycles. The van der Waals surface area contributed by atoms with Crippen LogP contribution in [0.3, 0.4) is 0 Å². The van der Waals surface area contributed by atoms with E-state index in [-0.39, 0.29) is 5.91 Å². The van der Waals surface area contributed by atoms with Gasteiger partial charge in [-0.3, -0.25) is 4.79 Å². The number of nitrogens with one attached hydrogen (secondary N) is 1. The molecule has 5 heteroatoms. The summed E-state index contributed by atoms with van der Waals surface area (Å²) < 4.78 is 0. The molecule has 1 atom stereocenters. The second-order valence-corrected chi connectivity index (χ2v) is 4.63. The van der Waals surface area contributed by atoms with Crippen molar-refractivity contribution in [1.29, 1.82) is 0 Å². The second kappa shape index (κ2) is 3.30. The lowest BCUT2D eigenvalue weighted by Gasteiger charge is -2.31. The number of urea groups is 1. The maximum absolute atomic E-state index is 12.0. The van der Waals surface area contributed by atoms with Gasteiger partial charge in [-0.05, 0) is 24.0 Å². The van der Waals surface area contributed by atoms with Crippen LogP contribution in [0.25, 0.3) is 0 Å². The first kappa shape index (κ1) is 10.3. The fourth-order valence-electron chi connectivity index (χ4n) is 2.67. The first-order chi connectivity index (χ1) is 8.12. The molecule has 88 valence electrons. The molecule has 1 aromatic carbocycles. The zero-order chi connectivity index (χ0) is 12.0. The molecular weight excluding hydrogens is 218 g/mol. The minimum atomic E-state index is -0.819. The van der Waals surface area contributed by atoms with E-state index < -0.39 is 11.6 Å². The molecule has 1 fully saturated rings. The lowest BCUT2D eigenvalue weighted by molar-refractivity contribution is -0.131. The Morgan fingerprint density at radius 1 is 1.24 bits per heavy atom. The van der Waals surface area contributed by atoms with E-state index in [4.69, 9.17) is 5.84 Å². The molecule has 0 radical (unpaired) electrons. The molecule has 1 heterocycles.